The van der Waals surface area contributed by atoms with Crippen LogP contribution in [0.2, 0.25) is 0 Å². The number of carbonyl (C=O) groups is 1. The van der Waals surface area contributed by atoms with E-state index in [1.54, 1.807) is 31.4 Å². The van der Waals surface area contributed by atoms with Gasteiger partial charge in [-0.3, -0.25) is 4.79 Å². The van der Waals surface area contributed by atoms with Gasteiger partial charge in [-0.1, -0.05) is 60.7 Å². The fraction of sp³-hybridized carbons (Fsp3) is 0.160. The summed E-state index contributed by atoms with van der Waals surface area (Å²) < 4.78 is 7.15. The molecule has 1 atom stereocenters. The lowest BCUT2D eigenvalue weighted by atomic mass is 10.1. The van der Waals surface area contributed by atoms with Crippen LogP contribution in [0, 0.1) is 0 Å². The molecule has 0 aliphatic carbocycles. The van der Waals surface area contributed by atoms with Crippen molar-refractivity contribution in [1.29, 1.82) is 0 Å². The lowest BCUT2D eigenvalue weighted by Crippen LogP contribution is -2.31. The smallest absolute Gasteiger partial charge is 0.240 e. The van der Waals surface area contributed by atoms with E-state index in [-0.39, 0.29) is 19.0 Å². The van der Waals surface area contributed by atoms with Crippen molar-refractivity contribution in [3.63, 3.8) is 0 Å². The zero-order valence-electron chi connectivity index (χ0n) is 16.8. The molecular formula is C25H24N2O3. The van der Waals surface area contributed by atoms with Gasteiger partial charge in [0.1, 0.15) is 12.3 Å². The average molecular weight is 400 g/mol. The summed E-state index contributed by atoms with van der Waals surface area (Å²) in [7, 11) is 1.60. The Bertz CT molecular complexity index is 1130. The zero-order chi connectivity index (χ0) is 20.9. The number of nitrogens with one attached hydrogen (secondary N) is 1. The molecule has 5 nitrogen and oxygen atoms in total. The molecular weight excluding hydrogens is 376 g/mol. The standard InChI is InChI=1S/C25H24N2O3/c1-30-21-13-11-19(12-14-21)24(28)16-26-25(29)17-27-22-10-6-5-9-20(22)15-23(27)18-7-3-2-4-8-18/h2-15,24,28H,16-17H2,1H3,(H,26,29)/t24-/m0/s1. The Morgan fingerprint density at radius 1 is 1.00 bits per heavy atom. The predicted molar refractivity (Wildman–Crippen MR) is 118 cm³/mol. The molecule has 0 bridgehead atoms. The predicted octanol–water partition coefficient (Wildman–Crippen LogP) is 4.17. The quantitative estimate of drug-likeness (QED) is 0.489. The van der Waals surface area contributed by atoms with Crippen molar-refractivity contribution in [3.05, 3.63) is 90.5 Å². The van der Waals surface area contributed by atoms with Gasteiger partial charge in [0, 0.05) is 23.1 Å². The molecule has 1 aromatic heterocycles. The first kappa shape index (κ1) is 19.7. The van der Waals surface area contributed by atoms with Crippen LogP contribution >= 0.6 is 0 Å². The molecule has 0 aliphatic rings. The van der Waals surface area contributed by atoms with Crippen molar-refractivity contribution in [3.8, 4) is 17.0 Å². The van der Waals surface area contributed by atoms with Crippen LogP contribution in [0.15, 0.2) is 84.9 Å². The second-order valence-corrected chi connectivity index (χ2v) is 7.13. The van der Waals surface area contributed by atoms with E-state index in [0.717, 1.165) is 33.5 Å². The SMILES string of the molecule is COc1ccc([C@@H](O)CNC(=O)Cn2c(-c3ccccc3)cc3ccccc32)cc1. The monoisotopic (exact) mass is 400 g/mol. The van der Waals surface area contributed by atoms with Gasteiger partial charge < -0.3 is 19.7 Å². The van der Waals surface area contributed by atoms with Crippen LogP contribution in [0.25, 0.3) is 22.2 Å². The molecule has 0 radical (unpaired) electrons. The molecule has 4 aromatic rings. The minimum absolute atomic E-state index is 0.144. The van der Waals surface area contributed by atoms with E-state index in [9.17, 15) is 9.90 Å². The Labute approximate surface area is 175 Å². The molecule has 0 aliphatic heterocycles. The Hall–Kier alpha value is -3.57. The molecule has 0 unspecified atom stereocenters. The summed E-state index contributed by atoms with van der Waals surface area (Å²) >= 11 is 0. The van der Waals surface area contributed by atoms with Gasteiger partial charge in [0.2, 0.25) is 5.91 Å². The van der Waals surface area contributed by atoms with Gasteiger partial charge in [0.25, 0.3) is 0 Å². The Morgan fingerprint density at radius 3 is 2.43 bits per heavy atom. The summed E-state index contributed by atoms with van der Waals surface area (Å²) in [6.07, 6.45) is -0.783. The molecule has 1 heterocycles. The highest BCUT2D eigenvalue weighted by molar-refractivity contribution is 5.89. The van der Waals surface area contributed by atoms with Crippen LogP contribution in [-0.2, 0) is 11.3 Å². The number of fused-ring (bicyclic) bond motifs is 1. The maximum atomic E-state index is 12.7. The molecule has 5 heteroatoms. The van der Waals surface area contributed by atoms with E-state index in [0.29, 0.717) is 0 Å². The summed E-state index contributed by atoms with van der Waals surface area (Å²) in [6, 6.07) is 27.3. The van der Waals surface area contributed by atoms with E-state index in [4.69, 9.17) is 4.74 Å². The molecule has 4 rings (SSSR count). The molecule has 1 amide bonds. The highest BCUT2D eigenvalue weighted by atomic mass is 16.5. The first-order valence-corrected chi connectivity index (χ1v) is 9.88. The number of rotatable bonds is 7. The minimum Gasteiger partial charge on any atom is -0.497 e. The average Bonchev–Trinajstić information content (AvgIpc) is 3.16. The third kappa shape index (κ3) is 4.21. The third-order valence-corrected chi connectivity index (χ3v) is 5.17. The number of aliphatic hydroxyl groups excluding tert-OH is 1. The number of nitrogens with zero attached hydrogens (tertiary/aromatic N) is 1. The number of benzene rings is 3. The van der Waals surface area contributed by atoms with E-state index in [1.165, 1.54) is 0 Å². The van der Waals surface area contributed by atoms with E-state index in [1.807, 2.05) is 59.2 Å². The van der Waals surface area contributed by atoms with Gasteiger partial charge in [-0.2, -0.15) is 0 Å². The van der Waals surface area contributed by atoms with Crippen LogP contribution in [0.4, 0.5) is 0 Å². The normalized spacial score (nSPS) is 11.9. The number of ether oxygens (including phenoxy) is 1. The lowest BCUT2D eigenvalue weighted by molar-refractivity contribution is -0.122. The number of hydrogen-bond donors (Lipinski definition) is 2. The van der Waals surface area contributed by atoms with E-state index >= 15 is 0 Å². The van der Waals surface area contributed by atoms with E-state index < -0.39 is 6.10 Å². The van der Waals surface area contributed by atoms with Crippen molar-refractivity contribution in [2.24, 2.45) is 0 Å². The summed E-state index contributed by atoms with van der Waals surface area (Å²) in [4.78, 5) is 12.7. The third-order valence-electron chi connectivity index (χ3n) is 5.17. The number of hydrogen-bond acceptors (Lipinski definition) is 3. The fourth-order valence-electron chi connectivity index (χ4n) is 3.58. The van der Waals surface area contributed by atoms with Crippen LogP contribution in [0.5, 0.6) is 5.75 Å². The molecule has 0 spiro atoms. The molecule has 0 fully saturated rings. The maximum Gasteiger partial charge on any atom is 0.240 e. The number of para-hydroxylation sites is 1. The number of carbonyl (C=O) groups excluding carboxylic acids is 1. The Morgan fingerprint density at radius 2 is 1.70 bits per heavy atom. The minimum atomic E-state index is -0.783. The summed E-state index contributed by atoms with van der Waals surface area (Å²) in [5, 5.41) is 14.3. The van der Waals surface area contributed by atoms with Crippen molar-refractivity contribution >= 4 is 16.8 Å². The number of amides is 1. The Balaban J connectivity index is 1.50. The fourth-order valence-corrected chi connectivity index (χ4v) is 3.58. The van der Waals surface area contributed by atoms with Gasteiger partial charge in [-0.25, -0.2) is 0 Å². The van der Waals surface area contributed by atoms with Crippen molar-refractivity contribution in [2.75, 3.05) is 13.7 Å². The van der Waals surface area contributed by atoms with Crippen molar-refractivity contribution in [2.45, 2.75) is 12.6 Å². The first-order chi connectivity index (χ1) is 14.7. The summed E-state index contributed by atoms with van der Waals surface area (Å²) in [5.41, 5.74) is 3.78. The Kier molecular flexibility index (Phi) is 5.82. The maximum absolute atomic E-state index is 12.7. The van der Waals surface area contributed by atoms with Crippen molar-refractivity contribution in [1.82, 2.24) is 9.88 Å². The highest BCUT2D eigenvalue weighted by Crippen LogP contribution is 2.28. The van der Waals surface area contributed by atoms with Gasteiger partial charge >= 0.3 is 0 Å². The second kappa shape index (κ2) is 8.84. The lowest BCUT2D eigenvalue weighted by Gasteiger charge is -2.15. The second-order valence-electron chi connectivity index (χ2n) is 7.13. The molecule has 30 heavy (non-hydrogen) atoms. The van der Waals surface area contributed by atoms with Crippen LogP contribution in [-0.4, -0.2) is 29.2 Å². The number of aromatic nitrogens is 1. The van der Waals surface area contributed by atoms with Gasteiger partial charge in [-0.05, 0) is 35.4 Å². The van der Waals surface area contributed by atoms with Gasteiger partial charge in [0.15, 0.2) is 0 Å². The topological polar surface area (TPSA) is 63.5 Å². The molecule has 0 saturated carbocycles. The van der Waals surface area contributed by atoms with E-state index in [2.05, 4.69) is 11.4 Å². The molecule has 2 N–H and O–H groups in total. The van der Waals surface area contributed by atoms with Gasteiger partial charge in [0.05, 0.1) is 13.2 Å². The summed E-state index contributed by atoms with van der Waals surface area (Å²) in [6.45, 7) is 0.318. The highest BCUT2D eigenvalue weighted by Gasteiger charge is 2.15. The number of methoxy groups -OCH3 is 1. The molecule has 3 aromatic carbocycles. The number of aliphatic hydroxyl groups is 1. The van der Waals surface area contributed by atoms with Crippen molar-refractivity contribution < 1.29 is 14.6 Å². The van der Waals surface area contributed by atoms with Crippen LogP contribution in [0.1, 0.15) is 11.7 Å². The van der Waals surface area contributed by atoms with Crippen LogP contribution < -0.4 is 10.1 Å². The van der Waals surface area contributed by atoms with Gasteiger partial charge in [-0.15, -0.1) is 0 Å². The molecule has 0 saturated heterocycles. The van der Waals surface area contributed by atoms with Crippen LogP contribution in [0.3, 0.4) is 0 Å². The zero-order valence-corrected chi connectivity index (χ0v) is 16.8. The first-order valence-electron chi connectivity index (χ1n) is 9.88. The largest absolute Gasteiger partial charge is 0.497 e. The molecule has 152 valence electrons. The summed E-state index contributed by atoms with van der Waals surface area (Å²) in [5.74, 6) is 0.573.